The van der Waals surface area contributed by atoms with E-state index in [1.54, 1.807) is 17.4 Å². The molecule has 0 aliphatic heterocycles. The number of H-pyrrole nitrogens is 1. The van der Waals surface area contributed by atoms with Crippen LogP contribution in [0.1, 0.15) is 14.7 Å². The molecule has 3 aromatic rings. The Balaban J connectivity index is 1.90. The lowest BCUT2D eigenvalue weighted by Gasteiger charge is -2.03. The fourth-order valence-electron chi connectivity index (χ4n) is 1.74. The van der Waals surface area contributed by atoms with Gasteiger partial charge in [0.1, 0.15) is 9.90 Å². The molecule has 1 aromatic carbocycles. The van der Waals surface area contributed by atoms with Gasteiger partial charge >= 0.3 is 0 Å². The molecule has 2 aromatic heterocycles. The maximum atomic E-state index is 12.0. The van der Waals surface area contributed by atoms with Gasteiger partial charge in [0.15, 0.2) is 0 Å². The summed E-state index contributed by atoms with van der Waals surface area (Å²) in [5.74, 6) is -0.404. The number of fused-ring (bicyclic) bond motifs is 1. The summed E-state index contributed by atoms with van der Waals surface area (Å²) in [6.07, 6.45) is 0. The third-order valence-electron chi connectivity index (χ3n) is 2.60. The molecule has 0 radical (unpaired) electrons. The van der Waals surface area contributed by atoms with Gasteiger partial charge in [0.25, 0.3) is 11.5 Å². The van der Waals surface area contributed by atoms with Crippen molar-refractivity contribution < 1.29 is 4.79 Å². The second-order valence-corrected chi connectivity index (χ2v) is 6.48. The van der Waals surface area contributed by atoms with Crippen molar-refractivity contribution in [3.63, 3.8) is 0 Å². The molecule has 2 heterocycles. The van der Waals surface area contributed by atoms with Gasteiger partial charge in [-0.1, -0.05) is 23.1 Å². The number of carbonyl (C=O) groups excluding carboxylic acids is 1. The lowest BCUT2D eigenvalue weighted by atomic mass is 10.3. The van der Waals surface area contributed by atoms with E-state index in [9.17, 15) is 9.59 Å². The molecule has 102 valence electrons. The standard InChI is InChI=1S/C12H8ClN3O2S2/c1-5-14-7-3-2-6(4-8(7)19-5)15-12(18)10-9(13)11(17)16-20-10/h2-4H,1H3,(H,15,18)(H,16,17). The number of nitrogens with one attached hydrogen (secondary N) is 2. The number of halogens is 1. The summed E-state index contributed by atoms with van der Waals surface area (Å²) in [6, 6.07) is 5.46. The third-order valence-corrected chi connectivity index (χ3v) is 4.89. The van der Waals surface area contributed by atoms with Gasteiger partial charge in [-0.3, -0.25) is 14.0 Å². The van der Waals surface area contributed by atoms with Gasteiger partial charge in [-0.15, -0.1) is 11.3 Å². The quantitative estimate of drug-likeness (QED) is 0.759. The average molecular weight is 326 g/mol. The van der Waals surface area contributed by atoms with Crippen molar-refractivity contribution in [3.05, 3.63) is 43.5 Å². The number of aryl methyl sites for hydroxylation is 1. The number of benzene rings is 1. The van der Waals surface area contributed by atoms with Crippen LogP contribution in [0.5, 0.6) is 0 Å². The summed E-state index contributed by atoms with van der Waals surface area (Å²) in [7, 11) is 0. The van der Waals surface area contributed by atoms with E-state index in [0.29, 0.717) is 5.69 Å². The van der Waals surface area contributed by atoms with Crippen molar-refractivity contribution in [1.82, 2.24) is 9.36 Å². The first-order valence-corrected chi connectivity index (χ1v) is 7.61. The van der Waals surface area contributed by atoms with Crippen molar-refractivity contribution >= 4 is 56.3 Å². The minimum Gasteiger partial charge on any atom is -0.321 e. The molecule has 0 spiro atoms. The lowest BCUT2D eigenvalue weighted by Crippen LogP contribution is -2.11. The molecule has 2 N–H and O–H groups in total. The molecular formula is C12H8ClN3O2S2. The fourth-order valence-corrected chi connectivity index (χ4v) is 3.54. The van der Waals surface area contributed by atoms with Crippen LogP contribution in [0.2, 0.25) is 5.02 Å². The molecule has 20 heavy (non-hydrogen) atoms. The van der Waals surface area contributed by atoms with Crippen molar-refractivity contribution in [2.24, 2.45) is 0 Å². The monoisotopic (exact) mass is 325 g/mol. The Hall–Kier alpha value is -1.70. The van der Waals surface area contributed by atoms with Gasteiger partial charge < -0.3 is 5.32 Å². The van der Waals surface area contributed by atoms with E-state index in [2.05, 4.69) is 14.7 Å². The predicted octanol–water partition coefficient (Wildman–Crippen LogP) is 3.26. The summed E-state index contributed by atoms with van der Waals surface area (Å²) in [6.45, 7) is 1.93. The number of nitrogens with zero attached hydrogens (tertiary/aromatic N) is 1. The average Bonchev–Trinajstić information content (AvgIpc) is 2.92. The summed E-state index contributed by atoms with van der Waals surface area (Å²) in [5.41, 5.74) is 1.09. The van der Waals surface area contributed by atoms with E-state index in [4.69, 9.17) is 11.6 Å². The molecule has 5 nitrogen and oxygen atoms in total. The zero-order valence-corrected chi connectivity index (χ0v) is 12.6. The van der Waals surface area contributed by atoms with Crippen molar-refractivity contribution in [2.75, 3.05) is 5.32 Å². The molecule has 8 heteroatoms. The highest BCUT2D eigenvalue weighted by atomic mass is 35.5. The number of hydrogen-bond donors (Lipinski definition) is 2. The molecule has 1 amide bonds. The summed E-state index contributed by atoms with van der Waals surface area (Å²) in [4.78, 5) is 27.8. The summed E-state index contributed by atoms with van der Waals surface area (Å²) in [5, 5.41) is 3.61. The maximum absolute atomic E-state index is 12.0. The highest BCUT2D eigenvalue weighted by molar-refractivity contribution is 7.18. The first-order chi connectivity index (χ1) is 9.54. The van der Waals surface area contributed by atoms with Crippen LogP contribution in [0.15, 0.2) is 23.0 Å². The number of anilines is 1. The lowest BCUT2D eigenvalue weighted by molar-refractivity contribution is 0.103. The van der Waals surface area contributed by atoms with E-state index < -0.39 is 11.5 Å². The normalized spacial score (nSPS) is 10.9. The number of hydrogen-bond acceptors (Lipinski definition) is 5. The van der Waals surface area contributed by atoms with Crippen LogP contribution >= 0.6 is 34.5 Å². The van der Waals surface area contributed by atoms with Crippen LogP contribution in [-0.2, 0) is 0 Å². The zero-order chi connectivity index (χ0) is 14.3. The van der Waals surface area contributed by atoms with Crippen molar-refractivity contribution in [2.45, 2.75) is 6.92 Å². The second-order valence-electron chi connectivity index (χ2n) is 4.05. The van der Waals surface area contributed by atoms with Gasteiger partial charge in [-0.2, -0.15) is 0 Å². The molecular weight excluding hydrogens is 318 g/mol. The molecule has 0 aliphatic carbocycles. The van der Waals surface area contributed by atoms with Gasteiger partial charge in [0.2, 0.25) is 0 Å². The first kappa shape index (κ1) is 13.3. The van der Waals surface area contributed by atoms with Crippen molar-refractivity contribution in [1.29, 1.82) is 0 Å². The molecule has 0 bridgehead atoms. The number of rotatable bonds is 2. The van der Waals surface area contributed by atoms with Gasteiger partial charge in [-0.25, -0.2) is 4.98 Å². The van der Waals surface area contributed by atoms with Crippen LogP contribution in [0.3, 0.4) is 0 Å². The SMILES string of the molecule is Cc1nc2ccc(NC(=O)c3s[nH]c(=O)c3Cl)cc2s1. The van der Waals surface area contributed by atoms with Gasteiger partial charge in [0, 0.05) is 5.69 Å². The van der Waals surface area contributed by atoms with E-state index in [0.717, 1.165) is 26.8 Å². The Labute approximate surface area is 126 Å². The third kappa shape index (κ3) is 2.35. The van der Waals surface area contributed by atoms with Crippen LogP contribution in [0.25, 0.3) is 10.2 Å². The molecule has 0 saturated heterocycles. The minimum atomic E-state index is -0.449. The summed E-state index contributed by atoms with van der Waals surface area (Å²) >= 11 is 8.24. The van der Waals surface area contributed by atoms with E-state index >= 15 is 0 Å². The number of carbonyl (C=O) groups is 1. The smallest absolute Gasteiger partial charge is 0.277 e. The Morgan fingerprint density at radius 2 is 2.25 bits per heavy atom. The molecule has 0 fully saturated rings. The molecule has 0 atom stereocenters. The number of thiazole rings is 1. The number of aromatic amines is 1. The van der Waals surface area contributed by atoms with Crippen LogP contribution in [0.4, 0.5) is 5.69 Å². The zero-order valence-electron chi connectivity index (χ0n) is 10.2. The summed E-state index contributed by atoms with van der Waals surface area (Å²) < 4.78 is 3.42. The number of aromatic nitrogens is 2. The van der Waals surface area contributed by atoms with E-state index in [-0.39, 0.29) is 9.90 Å². The van der Waals surface area contributed by atoms with Crippen molar-refractivity contribution in [3.8, 4) is 0 Å². The van der Waals surface area contributed by atoms with Gasteiger partial charge in [-0.05, 0) is 25.1 Å². The van der Waals surface area contributed by atoms with Crippen LogP contribution in [-0.4, -0.2) is 15.3 Å². The van der Waals surface area contributed by atoms with E-state index in [1.165, 1.54) is 0 Å². The molecule has 0 unspecified atom stereocenters. The number of amides is 1. The Kier molecular flexibility index (Phi) is 3.33. The van der Waals surface area contributed by atoms with E-state index in [1.807, 2.05) is 19.1 Å². The second kappa shape index (κ2) is 5.01. The molecule has 0 saturated carbocycles. The first-order valence-electron chi connectivity index (χ1n) is 5.60. The molecule has 0 aliphatic rings. The fraction of sp³-hybridized carbons (Fsp3) is 0.0833. The highest BCUT2D eigenvalue weighted by Crippen LogP contribution is 2.25. The Morgan fingerprint density at radius 3 is 2.95 bits per heavy atom. The minimum absolute atomic E-state index is 0.0813. The Morgan fingerprint density at radius 1 is 1.45 bits per heavy atom. The predicted molar refractivity (Wildman–Crippen MR) is 82.3 cm³/mol. The topological polar surface area (TPSA) is 74.8 Å². The van der Waals surface area contributed by atoms with Crippen LogP contribution < -0.4 is 10.9 Å². The maximum Gasteiger partial charge on any atom is 0.277 e. The largest absolute Gasteiger partial charge is 0.321 e. The Bertz CT molecular complexity index is 865. The molecule has 3 rings (SSSR count). The van der Waals surface area contributed by atoms with Crippen LogP contribution in [0, 0.1) is 6.92 Å². The van der Waals surface area contributed by atoms with Gasteiger partial charge in [0.05, 0.1) is 15.2 Å². The highest BCUT2D eigenvalue weighted by Gasteiger charge is 2.16.